The van der Waals surface area contributed by atoms with E-state index in [0.29, 0.717) is 6.04 Å². The van der Waals surface area contributed by atoms with Crippen LogP contribution in [0.15, 0.2) is 17.5 Å². The average molecular weight is 253 g/mol. The van der Waals surface area contributed by atoms with Gasteiger partial charge in [-0.15, -0.1) is 11.3 Å². The minimum Gasteiger partial charge on any atom is -0.310 e. The highest BCUT2D eigenvalue weighted by molar-refractivity contribution is 7.10. The van der Waals surface area contributed by atoms with Crippen LogP contribution in [0.2, 0.25) is 0 Å². The molecule has 0 aliphatic carbocycles. The van der Waals surface area contributed by atoms with Gasteiger partial charge in [-0.2, -0.15) is 0 Å². The van der Waals surface area contributed by atoms with Gasteiger partial charge in [0.05, 0.1) is 0 Å². The number of hydrogen-bond donors (Lipinski definition) is 1. The van der Waals surface area contributed by atoms with Crippen LogP contribution in [0.1, 0.15) is 63.8 Å². The Morgan fingerprint density at radius 3 is 2.65 bits per heavy atom. The van der Waals surface area contributed by atoms with Gasteiger partial charge in [-0.1, -0.05) is 52.5 Å². The molecule has 0 amide bonds. The summed E-state index contributed by atoms with van der Waals surface area (Å²) < 4.78 is 0. The smallest absolute Gasteiger partial charge is 0.0417 e. The predicted molar refractivity (Wildman–Crippen MR) is 78.7 cm³/mol. The van der Waals surface area contributed by atoms with E-state index >= 15 is 0 Å². The van der Waals surface area contributed by atoms with E-state index in [1.807, 2.05) is 11.3 Å². The summed E-state index contributed by atoms with van der Waals surface area (Å²) in [6, 6.07) is 5.00. The quantitative estimate of drug-likeness (QED) is 0.652. The molecule has 0 saturated carbocycles. The normalized spacial score (nSPS) is 14.8. The second kappa shape index (κ2) is 8.71. The van der Waals surface area contributed by atoms with Crippen LogP contribution in [0.3, 0.4) is 0 Å². The molecule has 0 aliphatic heterocycles. The molecule has 1 nitrogen and oxygen atoms in total. The van der Waals surface area contributed by atoms with E-state index in [2.05, 4.69) is 43.6 Å². The monoisotopic (exact) mass is 253 g/mol. The van der Waals surface area contributed by atoms with Crippen LogP contribution in [0.5, 0.6) is 0 Å². The van der Waals surface area contributed by atoms with E-state index in [1.165, 1.54) is 37.0 Å². The van der Waals surface area contributed by atoms with Gasteiger partial charge in [0.2, 0.25) is 0 Å². The first-order valence-electron chi connectivity index (χ1n) is 7.08. The zero-order valence-corrected chi connectivity index (χ0v) is 12.4. The number of nitrogens with one attached hydrogen (secondary N) is 1. The lowest BCUT2D eigenvalue weighted by molar-refractivity contribution is 0.359. The molecule has 2 atom stereocenters. The summed E-state index contributed by atoms with van der Waals surface area (Å²) in [7, 11) is 0. The Labute approximate surface area is 111 Å². The fourth-order valence-electron chi connectivity index (χ4n) is 2.35. The highest BCUT2D eigenvalue weighted by Crippen LogP contribution is 2.29. The molecule has 1 rings (SSSR count). The first-order chi connectivity index (χ1) is 8.31. The maximum atomic E-state index is 3.64. The van der Waals surface area contributed by atoms with Gasteiger partial charge in [0.1, 0.15) is 0 Å². The average Bonchev–Trinajstić information content (AvgIpc) is 2.87. The minimum absolute atomic E-state index is 0.571. The first-order valence-corrected chi connectivity index (χ1v) is 7.96. The van der Waals surface area contributed by atoms with Crippen LogP contribution in [0, 0.1) is 5.92 Å². The minimum atomic E-state index is 0.571. The number of rotatable bonds is 9. The van der Waals surface area contributed by atoms with Gasteiger partial charge in [-0.25, -0.2) is 0 Å². The Hall–Kier alpha value is -0.340. The van der Waals surface area contributed by atoms with Gasteiger partial charge < -0.3 is 5.32 Å². The molecule has 0 radical (unpaired) electrons. The predicted octanol–water partition coefficient (Wildman–Crippen LogP) is 5.01. The van der Waals surface area contributed by atoms with E-state index in [-0.39, 0.29) is 0 Å². The van der Waals surface area contributed by atoms with Crippen LogP contribution in [-0.4, -0.2) is 6.54 Å². The largest absolute Gasteiger partial charge is 0.310 e. The second-order valence-electron chi connectivity index (χ2n) is 4.78. The van der Waals surface area contributed by atoms with Gasteiger partial charge >= 0.3 is 0 Å². The van der Waals surface area contributed by atoms with Crippen molar-refractivity contribution in [3.05, 3.63) is 22.4 Å². The summed E-state index contributed by atoms with van der Waals surface area (Å²) in [5.41, 5.74) is 0. The highest BCUT2D eigenvalue weighted by Gasteiger charge is 2.16. The molecule has 1 N–H and O–H groups in total. The highest BCUT2D eigenvalue weighted by atomic mass is 32.1. The van der Waals surface area contributed by atoms with Crippen molar-refractivity contribution in [3.63, 3.8) is 0 Å². The van der Waals surface area contributed by atoms with E-state index in [4.69, 9.17) is 0 Å². The van der Waals surface area contributed by atoms with Crippen LogP contribution < -0.4 is 5.32 Å². The Bertz CT molecular complexity index is 268. The third-order valence-corrected chi connectivity index (χ3v) is 4.44. The van der Waals surface area contributed by atoms with E-state index in [1.54, 1.807) is 0 Å². The lowest BCUT2D eigenvalue weighted by Crippen LogP contribution is -2.22. The molecule has 1 aromatic heterocycles. The molecule has 17 heavy (non-hydrogen) atoms. The Balaban J connectivity index is 2.52. The summed E-state index contributed by atoms with van der Waals surface area (Å²) in [4.78, 5) is 1.50. The zero-order chi connectivity index (χ0) is 12.5. The molecule has 98 valence electrons. The molecule has 1 heterocycles. The molecule has 0 aromatic carbocycles. The third-order valence-electron chi connectivity index (χ3n) is 3.45. The Kier molecular flexibility index (Phi) is 7.54. The summed E-state index contributed by atoms with van der Waals surface area (Å²) in [5, 5.41) is 5.82. The molecular weight excluding hydrogens is 226 g/mol. The maximum absolute atomic E-state index is 3.64. The molecular formula is C15H27NS. The van der Waals surface area contributed by atoms with Crippen molar-refractivity contribution in [1.82, 2.24) is 5.32 Å². The summed E-state index contributed by atoms with van der Waals surface area (Å²) in [6.45, 7) is 7.88. The van der Waals surface area contributed by atoms with Gasteiger partial charge in [0, 0.05) is 10.9 Å². The fraction of sp³-hybridized carbons (Fsp3) is 0.733. The zero-order valence-electron chi connectivity index (χ0n) is 11.5. The van der Waals surface area contributed by atoms with Crippen LogP contribution in [0.25, 0.3) is 0 Å². The number of thiophene rings is 1. The summed E-state index contributed by atoms with van der Waals surface area (Å²) in [6.07, 6.45) is 6.70. The molecule has 1 aromatic rings. The Morgan fingerprint density at radius 1 is 1.29 bits per heavy atom. The van der Waals surface area contributed by atoms with Crippen molar-refractivity contribution in [2.75, 3.05) is 6.54 Å². The molecule has 0 fully saturated rings. The summed E-state index contributed by atoms with van der Waals surface area (Å²) >= 11 is 1.88. The van der Waals surface area contributed by atoms with E-state index in [0.717, 1.165) is 12.5 Å². The van der Waals surface area contributed by atoms with Gasteiger partial charge in [0.15, 0.2) is 0 Å². The van der Waals surface area contributed by atoms with Crippen LogP contribution in [-0.2, 0) is 0 Å². The van der Waals surface area contributed by atoms with Gasteiger partial charge in [-0.05, 0) is 30.3 Å². The lowest BCUT2D eigenvalue weighted by atomic mass is 9.91. The maximum Gasteiger partial charge on any atom is 0.0417 e. The topological polar surface area (TPSA) is 12.0 Å². The van der Waals surface area contributed by atoms with E-state index in [9.17, 15) is 0 Å². The number of hydrogen-bond acceptors (Lipinski definition) is 2. The lowest BCUT2D eigenvalue weighted by Gasteiger charge is -2.22. The van der Waals surface area contributed by atoms with Crippen LogP contribution in [0.4, 0.5) is 0 Å². The molecule has 2 heteroatoms. The van der Waals surface area contributed by atoms with Gasteiger partial charge in [-0.3, -0.25) is 0 Å². The molecule has 0 bridgehead atoms. The van der Waals surface area contributed by atoms with Crippen molar-refractivity contribution in [2.24, 2.45) is 5.92 Å². The first kappa shape index (κ1) is 14.7. The van der Waals surface area contributed by atoms with Crippen molar-refractivity contribution in [1.29, 1.82) is 0 Å². The molecule has 2 unspecified atom stereocenters. The fourth-order valence-corrected chi connectivity index (χ4v) is 3.17. The van der Waals surface area contributed by atoms with Crippen molar-refractivity contribution in [2.45, 2.75) is 58.9 Å². The molecule has 0 spiro atoms. The summed E-state index contributed by atoms with van der Waals surface area (Å²) in [5.74, 6) is 0.876. The SMILES string of the molecule is CCCCC(CC)CC(NCC)c1cccs1. The van der Waals surface area contributed by atoms with Crippen LogP contribution >= 0.6 is 11.3 Å². The molecule has 0 aliphatic rings. The Morgan fingerprint density at radius 2 is 2.12 bits per heavy atom. The van der Waals surface area contributed by atoms with E-state index < -0.39 is 0 Å². The molecule has 0 saturated heterocycles. The van der Waals surface area contributed by atoms with Crippen molar-refractivity contribution >= 4 is 11.3 Å². The van der Waals surface area contributed by atoms with Gasteiger partial charge in [0.25, 0.3) is 0 Å². The standard InChI is InChI=1S/C15H27NS/c1-4-7-9-13(5-2)12-14(16-6-3)15-10-8-11-17-15/h8,10-11,13-14,16H,4-7,9,12H2,1-3H3. The second-order valence-corrected chi connectivity index (χ2v) is 5.76. The van der Waals surface area contributed by atoms with Crippen molar-refractivity contribution in [3.8, 4) is 0 Å². The van der Waals surface area contributed by atoms with Crippen molar-refractivity contribution < 1.29 is 0 Å². The number of unbranched alkanes of at least 4 members (excludes halogenated alkanes) is 1. The third kappa shape index (κ3) is 5.22.